The van der Waals surface area contributed by atoms with Crippen LogP contribution in [0, 0.1) is 0 Å². The third kappa shape index (κ3) is 17.2. The van der Waals surface area contributed by atoms with Crippen molar-refractivity contribution < 1.29 is 31.3 Å². The molecule has 15 heavy (non-hydrogen) atoms. The monoisotopic (exact) mass is 273 g/mol. The first-order valence-corrected chi connectivity index (χ1v) is 6.69. The van der Waals surface area contributed by atoms with E-state index in [1.165, 1.54) is 38.5 Å². The van der Waals surface area contributed by atoms with Gasteiger partial charge in [0.1, 0.15) is 6.61 Å². The summed E-state index contributed by atoms with van der Waals surface area (Å²) in [6.07, 6.45) is 9.80. The van der Waals surface area contributed by atoms with Crippen LogP contribution >= 0.6 is 8.25 Å². The molecule has 0 bridgehead atoms. The van der Waals surface area contributed by atoms with Crippen molar-refractivity contribution in [3.63, 3.8) is 0 Å². The quantitative estimate of drug-likeness (QED) is 0.486. The largest absolute Gasteiger partial charge is 0.694 e. The van der Waals surface area contributed by atoms with Gasteiger partial charge in [-0.15, -0.1) is 9.42 Å². The minimum atomic E-state index is -2.38. The van der Waals surface area contributed by atoms with Gasteiger partial charge in [0.25, 0.3) is 0 Å². The van der Waals surface area contributed by atoms with Crippen LogP contribution in [0.2, 0.25) is 0 Å². The Hall–Kier alpha value is 0.552. The van der Waals surface area contributed by atoms with Crippen LogP contribution in [0.4, 0.5) is 0 Å². The van der Waals surface area contributed by atoms with E-state index in [4.69, 9.17) is 4.89 Å². The molecule has 0 aromatic carbocycles. The molecular formula is C10H22CrO3P+. The van der Waals surface area contributed by atoms with E-state index in [0.29, 0.717) is 6.61 Å². The van der Waals surface area contributed by atoms with Crippen LogP contribution in [0.25, 0.3) is 0 Å². The van der Waals surface area contributed by atoms with Gasteiger partial charge < -0.3 is 0 Å². The summed E-state index contributed by atoms with van der Waals surface area (Å²) in [6, 6.07) is 0. The Kier molecular flexibility index (Phi) is 17.4. The van der Waals surface area contributed by atoms with E-state index < -0.39 is 8.25 Å². The van der Waals surface area contributed by atoms with E-state index in [0.717, 1.165) is 12.8 Å². The summed E-state index contributed by atoms with van der Waals surface area (Å²) in [5.41, 5.74) is 0. The molecule has 5 heteroatoms. The van der Waals surface area contributed by atoms with Crippen LogP contribution in [0.3, 0.4) is 0 Å². The molecule has 3 nitrogen and oxygen atoms in total. The van der Waals surface area contributed by atoms with Crippen molar-refractivity contribution in [1.82, 2.24) is 0 Å². The zero-order valence-electron chi connectivity index (χ0n) is 9.48. The summed E-state index contributed by atoms with van der Waals surface area (Å²) < 4.78 is 14.7. The van der Waals surface area contributed by atoms with Gasteiger partial charge in [0.05, 0.1) is 0 Å². The van der Waals surface area contributed by atoms with Gasteiger partial charge in [0.2, 0.25) is 0 Å². The van der Waals surface area contributed by atoms with Gasteiger partial charge in [-0.25, -0.2) is 0 Å². The summed E-state index contributed by atoms with van der Waals surface area (Å²) >= 11 is 0. The second kappa shape index (κ2) is 14.6. The van der Waals surface area contributed by atoms with Gasteiger partial charge in [0, 0.05) is 21.9 Å². The Bertz CT molecular complexity index is 145. The summed E-state index contributed by atoms with van der Waals surface area (Å²) in [7, 11) is -2.38. The topological polar surface area (TPSA) is 46.5 Å². The average Bonchev–Trinajstić information content (AvgIpc) is 2.15. The first-order valence-electron chi connectivity index (χ1n) is 5.56. The van der Waals surface area contributed by atoms with Crippen molar-refractivity contribution in [3.05, 3.63) is 0 Å². The van der Waals surface area contributed by atoms with Crippen molar-refractivity contribution in [3.8, 4) is 0 Å². The summed E-state index contributed by atoms with van der Waals surface area (Å²) in [4.78, 5) is 8.34. The predicted octanol–water partition coefficient (Wildman–Crippen LogP) is 3.79. The fraction of sp³-hybridized carbons (Fsp3) is 1.00. The molecule has 90 valence electrons. The van der Waals surface area contributed by atoms with E-state index in [9.17, 15) is 4.57 Å². The standard InChI is InChI=1S/C10H21O3P.Cr/c1-2-3-4-5-6-7-8-9-10-13-14(11)12;/h2-10H2,1H3;/p+1. The van der Waals surface area contributed by atoms with Gasteiger partial charge in [-0.05, 0) is 6.42 Å². The van der Waals surface area contributed by atoms with E-state index in [2.05, 4.69) is 11.4 Å². The van der Waals surface area contributed by atoms with E-state index in [-0.39, 0.29) is 17.4 Å². The third-order valence-corrected chi connectivity index (χ3v) is 2.60. The summed E-state index contributed by atoms with van der Waals surface area (Å²) in [5.74, 6) is 0. The van der Waals surface area contributed by atoms with Gasteiger partial charge >= 0.3 is 8.25 Å². The first-order chi connectivity index (χ1) is 6.77. The van der Waals surface area contributed by atoms with Crippen LogP contribution in [0.15, 0.2) is 0 Å². The minimum Gasteiger partial charge on any atom is -0.133 e. The van der Waals surface area contributed by atoms with Gasteiger partial charge in [0.15, 0.2) is 0 Å². The summed E-state index contributed by atoms with van der Waals surface area (Å²) in [5, 5.41) is 0. The van der Waals surface area contributed by atoms with Gasteiger partial charge in [-0.1, -0.05) is 51.9 Å². The molecule has 0 aromatic heterocycles. The normalized spacial score (nSPS) is 10.9. The van der Waals surface area contributed by atoms with Crippen LogP contribution in [-0.2, 0) is 26.4 Å². The fourth-order valence-electron chi connectivity index (χ4n) is 1.38. The number of hydrogen-bond donors (Lipinski definition) is 1. The Morgan fingerprint density at radius 1 is 1.00 bits per heavy atom. The molecule has 1 atom stereocenters. The third-order valence-electron chi connectivity index (χ3n) is 2.20. The Morgan fingerprint density at radius 2 is 1.47 bits per heavy atom. The van der Waals surface area contributed by atoms with Crippen LogP contribution in [0.1, 0.15) is 58.3 Å². The zero-order valence-corrected chi connectivity index (χ0v) is 11.7. The van der Waals surface area contributed by atoms with Gasteiger partial charge in [-0.3, -0.25) is 0 Å². The molecule has 1 unspecified atom stereocenters. The smallest absolute Gasteiger partial charge is 0.133 e. The number of unbranched alkanes of at least 4 members (excludes halogenated alkanes) is 7. The Labute approximate surface area is 105 Å². The Morgan fingerprint density at radius 3 is 1.93 bits per heavy atom. The molecule has 0 saturated heterocycles. The molecule has 1 N–H and O–H groups in total. The van der Waals surface area contributed by atoms with Gasteiger partial charge in [-0.2, -0.15) is 0 Å². The van der Waals surface area contributed by atoms with Crippen LogP contribution in [-0.4, -0.2) is 11.5 Å². The molecule has 0 fully saturated rings. The first kappa shape index (κ1) is 17.9. The summed E-state index contributed by atoms with van der Waals surface area (Å²) in [6.45, 7) is 2.63. The maximum atomic E-state index is 10.1. The van der Waals surface area contributed by atoms with Crippen LogP contribution in [0.5, 0.6) is 0 Å². The Balaban J connectivity index is 0. The van der Waals surface area contributed by atoms with Crippen molar-refractivity contribution in [2.45, 2.75) is 58.3 Å². The van der Waals surface area contributed by atoms with E-state index in [1.54, 1.807) is 0 Å². The maximum absolute atomic E-state index is 10.1. The second-order valence-corrected chi connectivity index (χ2v) is 4.28. The second-order valence-electron chi connectivity index (χ2n) is 3.55. The molecule has 0 rings (SSSR count). The van der Waals surface area contributed by atoms with Crippen molar-refractivity contribution in [2.75, 3.05) is 6.61 Å². The maximum Gasteiger partial charge on any atom is 0.694 e. The van der Waals surface area contributed by atoms with E-state index in [1.807, 2.05) is 0 Å². The SMILES string of the molecule is CCCCCCCCCCO[P+](=O)O.[Cr]. The van der Waals surface area contributed by atoms with Crippen molar-refractivity contribution in [2.24, 2.45) is 0 Å². The molecule has 0 amide bonds. The molecule has 0 aromatic rings. The molecular weight excluding hydrogens is 251 g/mol. The molecule has 0 heterocycles. The van der Waals surface area contributed by atoms with Crippen molar-refractivity contribution in [1.29, 1.82) is 0 Å². The van der Waals surface area contributed by atoms with Crippen LogP contribution < -0.4 is 0 Å². The number of hydrogen-bond acceptors (Lipinski definition) is 2. The zero-order chi connectivity index (χ0) is 10.6. The van der Waals surface area contributed by atoms with E-state index >= 15 is 0 Å². The molecule has 0 aliphatic heterocycles. The molecule has 0 aliphatic carbocycles. The fourth-order valence-corrected chi connectivity index (χ4v) is 1.66. The molecule has 0 saturated carbocycles. The number of rotatable bonds is 10. The van der Waals surface area contributed by atoms with Crippen molar-refractivity contribution >= 4 is 8.25 Å². The molecule has 0 radical (unpaired) electrons. The molecule has 0 spiro atoms. The molecule has 0 aliphatic rings. The average molecular weight is 273 g/mol. The minimum absolute atomic E-state index is 0. The predicted molar refractivity (Wildman–Crippen MR) is 58.4 cm³/mol.